The molecule has 1 heterocycles. The molecule has 2 rings (SSSR count). The van der Waals surface area contributed by atoms with Gasteiger partial charge in [0.2, 0.25) is 0 Å². The molecule has 0 unspecified atom stereocenters. The van der Waals surface area contributed by atoms with Crippen LogP contribution in [0, 0.1) is 0 Å². The molecule has 0 bridgehead atoms. The second-order valence-electron chi connectivity index (χ2n) is 5.11. The Hall–Kier alpha value is -0.480. The minimum atomic E-state index is -3.05. The molecule has 0 amide bonds. The third kappa shape index (κ3) is 6.33. The maximum atomic E-state index is 11.5. The molecule has 22 heavy (non-hydrogen) atoms. The summed E-state index contributed by atoms with van der Waals surface area (Å²) in [5.41, 5.74) is 7.73. The van der Waals surface area contributed by atoms with E-state index in [4.69, 9.17) is 5.73 Å². The van der Waals surface area contributed by atoms with Gasteiger partial charge in [0, 0.05) is 30.9 Å². The number of benzene rings is 1. The van der Waals surface area contributed by atoms with Gasteiger partial charge in [0.05, 0.1) is 12.3 Å². The molecular formula is C14H22IN3O2S2. The molecule has 1 aliphatic heterocycles. The Morgan fingerprint density at radius 2 is 1.86 bits per heavy atom. The van der Waals surface area contributed by atoms with E-state index < -0.39 is 9.84 Å². The smallest absolute Gasteiger partial charge is 0.191 e. The number of halogens is 1. The van der Waals surface area contributed by atoms with Crippen LogP contribution in [0.25, 0.3) is 0 Å². The van der Waals surface area contributed by atoms with Crippen molar-refractivity contribution in [1.29, 1.82) is 0 Å². The minimum Gasteiger partial charge on any atom is -0.370 e. The molecule has 0 atom stereocenters. The average Bonchev–Trinajstić information content (AvgIpc) is 2.45. The monoisotopic (exact) mass is 455 g/mol. The Kier molecular flexibility index (Phi) is 7.98. The van der Waals surface area contributed by atoms with Crippen molar-refractivity contribution in [2.75, 3.05) is 30.9 Å². The van der Waals surface area contributed by atoms with Gasteiger partial charge in [-0.1, -0.05) is 24.3 Å². The molecule has 1 fully saturated rings. The van der Waals surface area contributed by atoms with Gasteiger partial charge in [0.15, 0.2) is 15.8 Å². The highest BCUT2D eigenvalue weighted by Crippen LogP contribution is 2.14. The average molecular weight is 455 g/mol. The summed E-state index contributed by atoms with van der Waals surface area (Å²) in [6, 6.07) is 7.48. The van der Waals surface area contributed by atoms with E-state index in [9.17, 15) is 8.42 Å². The molecule has 1 aromatic carbocycles. The molecular weight excluding hydrogens is 433 g/mol. The first-order valence-corrected chi connectivity index (χ1v) is 10.0. The third-order valence-electron chi connectivity index (χ3n) is 3.28. The zero-order chi connectivity index (χ0) is 15.3. The van der Waals surface area contributed by atoms with Crippen molar-refractivity contribution in [3.05, 3.63) is 35.4 Å². The topological polar surface area (TPSA) is 75.8 Å². The van der Waals surface area contributed by atoms with Gasteiger partial charge < -0.3 is 10.6 Å². The molecule has 0 spiro atoms. The summed E-state index contributed by atoms with van der Waals surface area (Å²) in [7, 11) is -3.05. The summed E-state index contributed by atoms with van der Waals surface area (Å²) in [5.74, 6) is 2.73. The summed E-state index contributed by atoms with van der Waals surface area (Å²) in [6.45, 7) is 2.26. The summed E-state index contributed by atoms with van der Waals surface area (Å²) in [4.78, 5) is 6.50. The highest BCUT2D eigenvalue weighted by atomic mass is 127. The Morgan fingerprint density at radius 3 is 2.45 bits per heavy atom. The maximum absolute atomic E-state index is 11.5. The number of aliphatic imine (C=N–C) groups is 1. The van der Waals surface area contributed by atoms with Gasteiger partial charge in [-0.2, -0.15) is 11.8 Å². The van der Waals surface area contributed by atoms with Crippen molar-refractivity contribution < 1.29 is 8.42 Å². The van der Waals surface area contributed by atoms with Crippen LogP contribution >= 0.6 is 35.7 Å². The molecule has 5 nitrogen and oxygen atoms in total. The molecule has 8 heteroatoms. The van der Waals surface area contributed by atoms with Gasteiger partial charge in [0.25, 0.3) is 0 Å². The Bertz CT molecular complexity index is 614. The number of hydrogen-bond donors (Lipinski definition) is 1. The van der Waals surface area contributed by atoms with Crippen molar-refractivity contribution in [1.82, 2.24) is 4.90 Å². The standard InChI is InChI=1S/C14H21N3O2S2.HI/c1-21(18,19)11-13-5-3-2-4-12(13)10-16-14(15)17-6-8-20-9-7-17;/h2-5H,6-11H2,1H3,(H2,15,16);1H. The molecule has 2 N–H and O–H groups in total. The Morgan fingerprint density at radius 1 is 1.27 bits per heavy atom. The fourth-order valence-corrected chi connectivity index (χ4v) is 3.94. The van der Waals surface area contributed by atoms with Crippen LogP contribution in [0.3, 0.4) is 0 Å². The number of rotatable bonds is 4. The number of thioether (sulfide) groups is 1. The number of sulfone groups is 1. The normalized spacial score (nSPS) is 16.2. The van der Waals surface area contributed by atoms with Gasteiger partial charge in [-0.25, -0.2) is 13.4 Å². The molecule has 0 aromatic heterocycles. The van der Waals surface area contributed by atoms with E-state index in [0.717, 1.165) is 35.7 Å². The number of guanidine groups is 1. The summed E-state index contributed by atoms with van der Waals surface area (Å²) in [5, 5.41) is 0. The molecule has 0 aliphatic carbocycles. The van der Waals surface area contributed by atoms with Crippen molar-refractivity contribution in [3.8, 4) is 0 Å². The Balaban J connectivity index is 0.00000242. The van der Waals surface area contributed by atoms with E-state index in [1.165, 1.54) is 6.26 Å². The van der Waals surface area contributed by atoms with Crippen LogP contribution in [-0.4, -0.2) is 50.1 Å². The van der Waals surface area contributed by atoms with Crippen molar-refractivity contribution in [3.63, 3.8) is 0 Å². The number of nitrogens with zero attached hydrogens (tertiary/aromatic N) is 2. The first-order valence-electron chi connectivity index (χ1n) is 6.83. The predicted molar refractivity (Wildman–Crippen MR) is 105 cm³/mol. The van der Waals surface area contributed by atoms with Gasteiger partial charge in [-0.05, 0) is 11.1 Å². The first-order chi connectivity index (χ1) is 9.96. The SMILES string of the molecule is CS(=O)(=O)Cc1ccccc1CN=C(N)N1CCSCC1.I. The highest BCUT2D eigenvalue weighted by Gasteiger charge is 2.13. The maximum Gasteiger partial charge on any atom is 0.191 e. The minimum absolute atomic E-state index is 0. The van der Waals surface area contributed by atoms with Crippen LogP contribution in [0.1, 0.15) is 11.1 Å². The molecule has 1 saturated heterocycles. The lowest BCUT2D eigenvalue weighted by Gasteiger charge is -2.27. The molecule has 1 aromatic rings. The largest absolute Gasteiger partial charge is 0.370 e. The van der Waals surface area contributed by atoms with Crippen LogP contribution in [0.15, 0.2) is 29.3 Å². The van der Waals surface area contributed by atoms with E-state index in [-0.39, 0.29) is 29.7 Å². The lowest BCUT2D eigenvalue weighted by atomic mass is 10.1. The predicted octanol–water partition coefficient (Wildman–Crippen LogP) is 1.71. The highest BCUT2D eigenvalue weighted by molar-refractivity contribution is 14.0. The zero-order valence-electron chi connectivity index (χ0n) is 12.6. The van der Waals surface area contributed by atoms with Gasteiger partial charge >= 0.3 is 0 Å². The van der Waals surface area contributed by atoms with Crippen LogP contribution < -0.4 is 5.73 Å². The first kappa shape index (κ1) is 19.6. The lowest BCUT2D eigenvalue weighted by molar-refractivity contribution is 0.455. The Labute approximate surface area is 153 Å². The van der Waals surface area contributed by atoms with Crippen molar-refractivity contribution in [2.45, 2.75) is 12.3 Å². The van der Waals surface area contributed by atoms with E-state index >= 15 is 0 Å². The van der Waals surface area contributed by atoms with E-state index in [1.54, 1.807) is 0 Å². The van der Waals surface area contributed by atoms with Crippen LogP contribution in [0.2, 0.25) is 0 Å². The van der Waals surface area contributed by atoms with E-state index in [0.29, 0.717) is 12.5 Å². The summed E-state index contributed by atoms with van der Waals surface area (Å²) < 4.78 is 22.9. The quantitative estimate of drug-likeness (QED) is 0.425. The molecule has 124 valence electrons. The number of hydrogen-bond acceptors (Lipinski definition) is 4. The van der Waals surface area contributed by atoms with E-state index in [2.05, 4.69) is 9.89 Å². The second-order valence-corrected chi connectivity index (χ2v) is 8.48. The van der Waals surface area contributed by atoms with Crippen LogP contribution in [0.4, 0.5) is 0 Å². The lowest BCUT2D eigenvalue weighted by Crippen LogP contribution is -2.42. The molecule has 0 saturated carbocycles. The summed E-state index contributed by atoms with van der Waals surface area (Å²) >= 11 is 1.92. The zero-order valence-corrected chi connectivity index (χ0v) is 16.5. The van der Waals surface area contributed by atoms with E-state index in [1.807, 2.05) is 36.0 Å². The molecule has 0 radical (unpaired) electrons. The van der Waals surface area contributed by atoms with Crippen molar-refractivity contribution in [2.24, 2.45) is 10.7 Å². The van der Waals surface area contributed by atoms with Gasteiger partial charge in [-0.15, -0.1) is 24.0 Å². The fourth-order valence-electron chi connectivity index (χ4n) is 2.19. The number of nitrogens with two attached hydrogens (primary N) is 1. The third-order valence-corrected chi connectivity index (χ3v) is 5.06. The van der Waals surface area contributed by atoms with Crippen LogP contribution in [0.5, 0.6) is 0 Å². The molecule has 1 aliphatic rings. The van der Waals surface area contributed by atoms with Gasteiger partial charge in [-0.3, -0.25) is 0 Å². The summed E-state index contributed by atoms with van der Waals surface area (Å²) in [6.07, 6.45) is 1.24. The fraction of sp³-hybridized carbons (Fsp3) is 0.500. The second kappa shape index (κ2) is 8.97. The van der Waals surface area contributed by atoms with Crippen LogP contribution in [-0.2, 0) is 22.1 Å². The van der Waals surface area contributed by atoms with Gasteiger partial charge in [0.1, 0.15) is 0 Å². The van der Waals surface area contributed by atoms with Crippen molar-refractivity contribution >= 4 is 51.5 Å².